The summed E-state index contributed by atoms with van der Waals surface area (Å²) in [7, 11) is 1.28. The van der Waals surface area contributed by atoms with E-state index in [0.717, 1.165) is 21.5 Å². The van der Waals surface area contributed by atoms with Crippen LogP contribution in [0.25, 0.3) is 21.5 Å². The van der Waals surface area contributed by atoms with Gasteiger partial charge < -0.3 is 19.9 Å². The zero-order valence-corrected chi connectivity index (χ0v) is 19.6. The topological polar surface area (TPSA) is 106 Å². The van der Waals surface area contributed by atoms with Gasteiger partial charge in [0.2, 0.25) is 5.76 Å². The molecule has 0 aliphatic heterocycles. The Hall–Kier alpha value is -3.79. The van der Waals surface area contributed by atoms with Gasteiger partial charge in [0.15, 0.2) is 5.13 Å². The van der Waals surface area contributed by atoms with Gasteiger partial charge in [0, 0.05) is 17.3 Å². The van der Waals surface area contributed by atoms with Gasteiger partial charge in [-0.05, 0) is 42.7 Å². The highest BCUT2D eigenvalue weighted by Crippen LogP contribution is 2.29. The summed E-state index contributed by atoms with van der Waals surface area (Å²) in [5.74, 6) is -1.17. The molecule has 4 aromatic rings. The van der Waals surface area contributed by atoms with E-state index in [-0.39, 0.29) is 17.5 Å². The van der Waals surface area contributed by atoms with Crippen molar-refractivity contribution in [2.45, 2.75) is 26.3 Å². The molecule has 0 radical (unpaired) electrons. The van der Waals surface area contributed by atoms with E-state index in [0.29, 0.717) is 17.2 Å². The van der Waals surface area contributed by atoms with E-state index >= 15 is 0 Å². The highest BCUT2D eigenvalue weighted by atomic mass is 32.1. The second kappa shape index (κ2) is 10.0. The Kier molecular flexibility index (Phi) is 6.87. The average molecular weight is 483 g/mol. The van der Waals surface area contributed by atoms with Gasteiger partial charge in [-0.3, -0.25) is 4.79 Å². The minimum atomic E-state index is -0.768. The van der Waals surface area contributed by atoms with Gasteiger partial charge in [0.1, 0.15) is 17.6 Å². The number of rotatable bonds is 8. The highest BCUT2D eigenvalue weighted by Gasteiger charge is 2.25. The molecule has 10 heteroatoms. The Morgan fingerprint density at radius 3 is 2.62 bits per heavy atom. The molecular formula is C24H23FN4O4S. The number of anilines is 2. The first kappa shape index (κ1) is 23.4. The number of aromatic nitrogens is 2. The predicted octanol–water partition coefficient (Wildman–Crippen LogP) is 5.15. The van der Waals surface area contributed by atoms with Gasteiger partial charge in [-0.2, -0.15) is 0 Å². The molecule has 2 aromatic carbocycles. The number of ether oxygens (including phenoxy) is 1. The summed E-state index contributed by atoms with van der Waals surface area (Å²) in [6, 6.07) is 12.6. The molecule has 1 amide bonds. The maximum atomic E-state index is 13.4. The number of nitrogens with one attached hydrogen (secondary N) is 2. The molecule has 1 atom stereocenters. The lowest BCUT2D eigenvalue weighted by Gasteiger charge is -2.17. The standard InChI is InChI=1S/C24H23FN4O4S/c1-13(2)10-19(23(31)32-3)27-22(30)20-12-18(29-33-20)14-4-7-16(8-5-14)26-24-28-17-9-6-15(25)11-21(17)34-24/h4-9,11-13,19H,10H2,1-3H3,(H,26,28)(H,27,30). The number of nitrogens with zero attached hydrogens (tertiary/aromatic N) is 2. The lowest BCUT2D eigenvalue weighted by molar-refractivity contribution is -0.143. The first-order valence-electron chi connectivity index (χ1n) is 10.6. The van der Waals surface area contributed by atoms with Crippen molar-refractivity contribution in [3.05, 3.63) is 60.1 Å². The molecule has 0 aliphatic rings. The van der Waals surface area contributed by atoms with E-state index in [2.05, 4.69) is 20.8 Å². The van der Waals surface area contributed by atoms with E-state index in [1.165, 1.54) is 36.6 Å². The number of hydrogen-bond acceptors (Lipinski definition) is 8. The number of carbonyl (C=O) groups is 2. The van der Waals surface area contributed by atoms with Gasteiger partial charge in [-0.25, -0.2) is 14.2 Å². The van der Waals surface area contributed by atoms with Crippen molar-refractivity contribution in [1.29, 1.82) is 0 Å². The zero-order valence-electron chi connectivity index (χ0n) is 18.8. The summed E-state index contributed by atoms with van der Waals surface area (Å²) in [5.41, 5.74) is 2.73. The van der Waals surface area contributed by atoms with Crippen molar-refractivity contribution < 1.29 is 23.2 Å². The van der Waals surface area contributed by atoms with Crippen LogP contribution in [-0.2, 0) is 9.53 Å². The normalized spacial score (nSPS) is 12.0. The number of benzene rings is 2. The Morgan fingerprint density at radius 1 is 1.15 bits per heavy atom. The molecule has 34 heavy (non-hydrogen) atoms. The largest absolute Gasteiger partial charge is 0.467 e. The zero-order chi connectivity index (χ0) is 24.2. The van der Waals surface area contributed by atoms with Gasteiger partial charge in [0.25, 0.3) is 5.91 Å². The number of amides is 1. The second-order valence-electron chi connectivity index (χ2n) is 8.09. The maximum absolute atomic E-state index is 13.4. The lowest BCUT2D eigenvalue weighted by atomic mass is 10.0. The fourth-order valence-electron chi connectivity index (χ4n) is 3.38. The third-order valence-corrected chi connectivity index (χ3v) is 5.95. The van der Waals surface area contributed by atoms with E-state index < -0.39 is 17.9 Å². The van der Waals surface area contributed by atoms with E-state index in [1.807, 2.05) is 38.1 Å². The van der Waals surface area contributed by atoms with Crippen molar-refractivity contribution in [2.24, 2.45) is 5.92 Å². The Balaban J connectivity index is 1.43. The molecule has 176 valence electrons. The van der Waals surface area contributed by atoms with Crippen LogP contribution in [0.5, 0.6) is 0 Å². The summed E-state index contributed by atoms with van der Waals surface area (Å²) in [6.45, 7) is 3.90. The van der Waals surface area contributed by atoms with Crippen LogP contribution < -0.4 is 10.6 Å². The number of carbonyl (C=O) groups excluding carboxylic acids is 2. The molecule has 0 fully saturated rings. The van der Waals surface area contributed by atoms with E-state index in [4.69, 9.17) is 9.26 Å². The molecule has 0 saturated carbocycles. The summed E-state index contributed by atoms with van der Waals surface area (Å²) in [5, 5.41) is 10.5. The Morgan fingerprint density at radius 2 is 1.91 bits per heavy atom. The molecule has 2 N–H and O–H groups in total. The second-order valence-corrected chi connectivity index (χ2v) is 9.12. The highest BCUT2D eigenvalue weighted by molar-refractivity contribution is 7.22. The number of halogens is 1. The van der Waals surface area contributed by atoms with Crippen LogP contribution in [0.3, 0.4) is 0 Å². The molecule has 4 rings (SSSR count). The predicted molar refractivity (Wildman–Crippen MR) is 128 cm³/mol. The van der Waals surface area contributed by atoms with Crippen molar-refractivity contribution in [3.8, 4) is 11.3 Å². The van der Waals surface area contributed by atoms with Crippen LogP contribution in [-0.4, -0.2) is 35.2 Å². The third-order valence-electron chi connectivity index (χ3n) is 5.01. The fraction of sp³-hybridized carbons (Fsp3) is 0.250. The number of fused-ring (bicyclic) bond motifs is 1. The number of hydrogen-bond donors (Lipinski definition) is 2. The summed E-state index contributed by atoms with van der Waals surface area (Å²) in [4.78, 5) is 29.0. The van der Waals surface area contributed by atoms with Crippen LogP contribution in [0.2, 0.25) is 0 Å². The maximum Gasteiger partial charge on any atom is 0.328 e. The molecule has 0 aliphatic carbocycles. The summed E-state index contributed by atoms with van der Waals surface area (Å²) in [6.07, 6.45) is 0.442. The smallest absolute Gasteiger partial charge is 0.328 e. The first-order valence-corrected chi connectivity index (χ1v) is 11.4. The quantitative estimate of drug-likeness (QED) is 0.335. The number of esters is 1. The van der Waals surface area contributed by atoms with E-state index in [9.17, 15) is 14.0 Å². The summed E-state index contributed by atoms with van der Waals surface area (Å²) >= 11 is 1.36. The van der Waals surface area contributed by atoms with Gasteiger partial charge in [-0.1, -0.05) is 42.5 Å². The molecule has 0 bridgehead atoms. The van der Waals surface area contributed by atoms with Gasteiger partial charge in [-0.15, -0.1) is 0 Å². The Labute approximate surface area is 199 Å². The average Bonchev–Trinajstić information content (AvgIpc) is 3.45. The number of thiazole rings is 1. The molecule has 0 saturated heterocycles. The van der Waals surface area contributed by atoms with Crippen LogP contribution >= 0.6 is 11.3 Å². The van der Waals surface area contributed by atoms with Crippen LogP contribution in [0.4, 0.5) is 15.2 Å². The van der Waals surface area contributed by atoms with Crippen molar-refractivity contribution in [3.63, 3.8) is 0 Å². The Bertz CT molecular complexity index is 1320. The molecule has 0 spiro atoms. The molecule has 2 heterocycles. The third kappa shape index (κ3) is 5.40. The van der Waals surface area contributed by atoms with Gasteiger partial charge >= 0.3 is 5.97 Å². The van der Waals surface area contributed by atoms with E-state index in [1.54, 1.807) is 6.07 Å². The number of methoxy groups -OCH3 is 1. The van der Waals surface area contributed by atoms with Crippen LogP contribution in [0, 0.1) is 11.7 Å². The summed E-state index contributed by atoms with van der Waals surface area (Å²) < 4.78 is 24.1. The monoisotopic (exact) mass is 482 g/mol. The molecular weight excluding hydrogens is 459 g/mol. The minimum absolute atomic E-state index is 0.00318. The van der Waals surface area contributed by atoms with Crippen molar-refractivity contribution in [2.75, 3.05) is 12.4 Å². The molecule has 2 aromatic heterocycles. The molecule has 8 nitrogen and oxygen atoms in total. The minimum Gasteiger partial charge on any atom is -0.467 e. The lowest BCUT2D eigenvalue weighted by Crippen LogP contribution is -2.42. The van der Waals surface area contributed by atoms with Crippen LogP contribution in [0.1, 0.15) is 30.8 Å². The van der Waals surface area contributed by atoms with Crippen molar-refractivity contribution >= 4 is 44.2 Å². The van der Waals surface area contributed by atoms with Crippen LogP contribution in [0.15, 0.2) is 53.1 Å². The van der Waals surface area contributed by atoms with Crippen molar-refractivity contribution in [1.82, 2.24) is 15.5 Å². The molecule has 1 unspecified atom stereocenters. The SMILES string of the molecule is COC(=O)C(CC(C)C)NC(=O)c1cc(-c2ccc(Nc3nc4ccc(F)cc4s3)cc2)no1. The first-order chi connectivity index (χ1) is 16.3. The fourth-order valence-corrected chi connectivity index (χ4v) is 4.29. The van der Waals surface area contributed by atoms with Gasteiger partial charge in [0.05, 0.1) is 17.3 Å².